The third-order valence-corrected chi connectivity index (χ3v) is 2.23. The van der Waals surface area contributed by atoms with E-state index in [1.54, 1.807) is 6.92 Å². The minimum atomic E-state index is -0.407. The Kier molecular flexibility index (Phi) is 2.36. The fourth-order valence-corrected chi connectivity index (χ4v) is 1.52. The maximum absolute atomic E-state index is 13.5. The van der Waals surface area contributed by atoms with E-state index in [9.17, 15) is 4.39 Å². The van der Waals surface area contributed by atoms with Gasteiger partial charge in [0.2, 0.25) is 0 Å². The van der Waals surface area contributed by atoms with E-state index in [0.717, 1.165) is 0 Å². The Hall–Kier alpha value is -1.55. The van der Waals surface area contributed by atoms with Crippen LogP contribution in [0.15, 0.2) is 22.6 Å². The number of hydrogen-bond acceptors (Lipinski definition) is 3. The Labute approximate surface area is 90.7 Å². The Balaban J connectivity index is 2.62. The number of nitrogens with two attached hydrogens (primary N) is 1. The first-order valence-electron chi connectivity index (χ1n) is 4.26. The molecular weight excluding hydrogens is 219 g/mol. The molecule has 0 atom stereocenters. The van der Waals surface area contributed by atoms with Crippen LogP contribution in [0.3, 0.4) is 0 Å². The van der Waals surface area contributed by atoms with Crippen LogP contribution in [0, 0.1) is 12.7 Å². The van der Waals surface area contributed by atoms with Gasteiger partial charge in [0.1, 0.15) is 17.3 Å². The van der Waals surface area contributed by atoms with E-state index in [1.165, 1.54) is 18.2 Å². The molecule has 1 aromatic heterocycles. The summed E-state index contributed by atoms with van der Waals surface area (Å²) >= 11 is 5.77. The highest BCUT2D eigenvalue weighted by molar-refractivity contribution is 6.30. The molecule has 1 heterocycles. The number of benzene rings is 1. The van der Waals surface area contributed by atoms with Crippen LogP contribution in [0.1, 0.15) is 5.76 Å². The summed E-state index contributed by atoms with van der Waals surface area (Å²) in [5.41, 5.74) is 6.05. The second-order valence-corrected chi connectivity index (χ2v) is 3.52. The molecule has 0 unspecified atom stereocenters. The van der Waals surface area contributed by atoms with Gasteiger partial charge in [-0.05, 0) is 25.1 Å². The molecule has 0 amide bonds. The van der Waals surface area contributed by atoms with Crippen LogP contribution in [0.25, 0.3) is 11.3 Å². The molecule has 0 fully saturated rings. The number of rotatable bonds is 1. The van der Waals surface area contributed by atoms with Crippen LogP contribution in [0.2, 0.25) is 5.02 Å². The van der Waals surface area contributed by atoms with Gasteiger partial charge in [-0.3, -0.25) is 0 Å². The molecule has 1 aromatic carbocycles. The highest BCUT2D eigenvalue weighted by atomic mass is 35.5. The third-order valence-electron chi connectivity index (χ3n) is 2.00. The van der Waals surface area contributed by atoms with Gasteiger partial charge in [0.05, 0.1) is 0 Å². The molecule has 0 aliphatic carbocycles. The van der Waals surface area contributed by atoms with E-state index in [4.69, 9.17) is 21.8 Å². The summed E-state index contributed by atoms with van der Waals surface area (Å²) in [5.74, 6) is 0.0597. The van der Waals surface area contributed by atoms with Crippen LogP contribution < -0.4 is 5.73 Å². The minimum Gasteiger partial charge on any atom is -0.429 e. The first-order chi connectivity index (χ1) is 7.08. The van der Waals surface area contributed by atoms with Gasteiger partial charge in [-0.1, -0.05) is 11.6 Å². The summed E-state index contributed by atoms with van der Waals surface area (Å²) in [5, 5.41) is 0.437. The molecule has 2 rings (SSSR count). The highest BCUT2D eigenvalue weighted by Crippen LogP contribution is 2.28. The lowest BCUT2D eigenvalue weighted by molar-refractivity contribution is 0.548. The van der Waals surface area contributed by atoms with Crippen LogP contribution in [0.5, 0.6) is 0 Å². The van der Waals surface area contributed by atoms with Crippen molar-refractivity contribution in [1.29, 1.82) is 0 Å². The standard InChI is InChI=1S/C10H8ClFN2O/c1-5-9(14-10(13)15-5)7-4-6(11)2-3-8(7)12/h2-4H,1H3,(H2,13,14). The first-order valence-corrected chi connectivity index (χ1v) is 4.64. The summed E-state index contributed by atoms with van der Waals surface area (Å²) in [6.07, 6.45) is 0. The predicted molar refractivity (Wildman–Crippen MR) is 56.1 cm³/mol. The number of oxazole rings is 1. The normalized spacial score (nSPS) is 10.6. The van der Waals surface area contributed by atoms with Crippen molar-refractivity contribution in [3.05, 3.63) is 34.8 Å². The number of nitrogen functional groups attached to an aromatic ring is 1. The zero-order chi connectivity index (χ0) is 11.0. The van der Waals surface area contributed by atoms with Crippen LogP contribution in [0.4, 0.5) is 10.4 Å². The van der Waals surface area contributed by atoms with Crippen LogP contribution in [-0.4, -0.2) is 4.98 Å². The molecule has 0 aliphatic heterocycles. The summed E-state index contributed by atoms with van der Waals surface area (Å²) in [4.78, 5) is 3.89. The van der Waals surface area contributed by atoms with Crippen LogP contribution in [-0.2, 0) is 0 Å². The van der Waals surface area contributed by atoms with Crippen molar-refractivity contribution in [3.8, 4) is 11.3 Å². The Morgan fingerprint density at radius 1 is 1.47 bits per heavy atom. The van der Waals surface area contributed by atoms with Crippen molar-refractivity contribution in [1.82, 2.24) is 4.98 Å². The fourth-order valence-electron chi connectivity index (χ4n) is 1.35. The second-order valence-electron chi connectivity index (χ2n) is 3.08. The average Bonchev–Trinajstić information content (AvgIpc) is 2.50. The second kappa shape index (κ2) is 3.55. The summed E-state index contributed by atoms with van der Waals surface area (Å²) < 4.78 is 18.5. The van der Waals surface area contributed by atoms with E-state index >= 15 is 0 Å². The lowest BCUT2D eigenvalue weighted by Gasteiger charge is -2.00. The topological polar surface area (TPSA) is 52.0 Å². The quantitative estimate of drug-likeness (QED) is 0.813. The molecule has 2 aromatic rings. The van der Waals surface area contributed by atoms with Gasteiger partial charge in [-0.2, -0.15) is 4.98 Å². The Morgan fingerprint density at radius 3 is 2.80 bits per heavy atom. The number of aryl methyl sites for hydroxylation is 1. The maximum atomic E-state index is 13.5. The highest BCUT2D eigenvalue weighted by Gasteiger charge is 2.14. The molecule has 0 saturated heterocycles. The lowest BCUT2D eigenvalue weighted by Crippen LogP contribution is -1.87. The number of halogens is 2. The van der Waals surface area contributed by atoms with Crippen LogP contribution >= 0.6 is 11.6 Å². The molecule has 78 valence electrons. The van der Waals surface area contributed by atoms with Crippen molar-refractivity contribution in [2.24, 2.45) is 0 Å². The molecule has 0 spiro atoms. The summed E-state index contributed by atoms with van der Waals surface area (Å²) in [6.45, 7) is 1.67. The molecule has 3 nitrogen and oxygen atoms in total. The summed E-state index contributed by atoms with van der Waals surface area (Å²) in [6, 6.07) is 4.25. The number of anilines is 1. The van der Waals surface area contributed by atoms with E-state index < -0.39 is 5.82 Å². The van der Waals surface area contributed by atoms with E-state index in [2.05, 4.69) is 4.98 Å². The SMILES string of the molecule is Cc1oc(N)nc1-c1cc(Cl)ccc1F. The molecule has 2 N–H and O–H groups in total. The molecular formula is C10H8ClFN2O. The molecule has 0 aliphatic rings. The van der Waals surface area contributed by atoms with E-state index in [0.29, 0.717) is 22.0 Å². The van der Waals surface area contributed by atoms with Gasteiger partial charge in [-0.15, -0.1) is 0 Å². The van der Waals surface area contributed by atoms with Gasteiger partial charge < -0.3 is 10.2 Å². The van der Waals surface area contributed by atoms with Crippen molar-refractivity contribution < 1.29 is 8.81 Å². The average molecular weight is 227 g/mol. The zero-order valence-corrected chi connectivity index (χ0v) is 8.68. The van der Waals surface area contributed by atoms with Crippen molar-refractivity contribution >= 4 is 17.6 Å². The number of nitrogens with zero attached hydrogens (tertiary/aromatic N) is 1. The van der Waals surface area contributed by atoms with E-state index in [-0.39, 0.29) is 6.01 Å². The summed E-state index contributed by atoms with van der Waals surface area (Å²) in [7, 11) is 0. The fraction of sp³-hybridized carbons (Fsp3) is 0.100. The molecule has 0 radical (unpaired) electrons. The number of aromatic nitrogens is 1. The van der Waals surface area contributed by atoms with Gasteiger partial charge in [-0.25, -0.2) is 4.39 Å². The van der Waals surface area contributed by atoms with Crippen molar-refractivity contribution in [3.63, 3.8) is 0 Å². The number of hydrogen-bond donors (Lipinski definition) is 1. The largest absolute Gasteiger partial charge is 0.429 e. The first kappa shape index (κ1) is 9.98. The Bertz CT molecular complexity index is 510. The molecule has 0 saturated carbocycles. The Morgan fingerprint density at radius 2 is 2.20 bits per heavy atom. The van der Waals surface area contributed by atoms with Gasteiger partial charge >= 0.3 is 0 Å². The zero-order valence-electron chi connectivity index (χ0n) is 7.92. The molecule has 5 heteroatoms. The van der Waals surface area contributed by atoms with Crippen molar-refractivity contribution in [2.75, 3.05) is 5.73 Å². The van der Waals surface area contributed by atoms with Crippen molar-refractivity contribution in [2.45, 2.75) is 6.92 Å². The van der Waals surface area contributed by atoms with E-state index in [1.807, 2.05) is 0 Å². The monoisotopic (exact) mass is 226 g/mol. The van der Waals surface area contributed by atoms with Gasteiger partial charge in [0.25, 0.3) is 6.01 Å². The lowest BCUT2D eigenvalue weighted by atomic mass is 10.1. The van der Waals surface area contributed by atoms with Gasteiger partial charge in [0.15, 0.2) is 0 Å². The third kappa shape index (κ3) is 1.80. The molecule has 15 heavy (non-hydrogen) atoms. The molecule has 0 bridgehead atoms. The smallest absolute Gasteiger partial charge is 0.292 e. The minimum absolute atomic E-state index is 0.0156. The predicted octanol–water partition coefficient (Wildman–Crippen LogP) is 3.02. The van der Waals surface area contributed by atoms with Gasteiger partial charge in [0, 0.05) is 10.6 Å². The maximum Gasteiger partial charge on any atom is 0.292 e.